The number of nitrogens with zero attached hydrogens (tertiary/aromatic N) is 1. The van der Waals surface area contributed by atoms with Gasteiger partial charge in [-0.05, 0) is 18.9 Å². The van der Waals surface area contributed by atoms with Crippen molar-refractivity contribution in [3.05, 3.63) is 24.4 Å². The lowest BCUT2D eigenvalue weighted by Gasteiger charge is -1.93. The van der Waals surface area contributed by atoms with E-state index in [4.69, 9.17) is 0 Å². The van der Waals surface area contributed by atoms with E-state index in [9.17, 15) is 4.79 Å². The second-order valence-corrected chi connectivity index (χ2v) is 3.20. The molecular formula is C12H20N2O2. The third-order valence-corrected chi connectivity index (χ3v) is 1.82. The fourth-order valence-electron chi connectivity index (χ4n) is 1.01. The van der Waals surface area contributed by atoms with E-state index in [1.54, 1.807) is 6.20 Å². The highest BCUT2D eigenvalue weighted by Crippen LogP contribution is 1.98. The number of oxime groups is 1. The Hall–Kier alpha value is -1.58. The lowest BCUT2D eigenvalue weighted by molar-refractivity contribution is -0.115. The summed E-state index contributed by atoms with van der Waals surface area (Å²) in [4.78, 5) is 15.6. The molecule has 90 valence electrons. The predicted octanol–water partition coefficient (Wildman–Crippen LogP) is 2.39. The molecule has 0 spiro atoms. The quantitative estimate of drug-likeness (QED) is 0.298. The maximum absolute atomic E-state index is 11.1. The molecule has 0 aromatic carbocycles. The van der Waals surface area contributed by atoms with E-state index >= 15 is 0 Å². The number of rotatable bonds is 8. The number of hydrogen-bond donors (Lipinski definition) is 1. The van der Waals surface area contributed by atoms with Gasteiger partial charge >= 0.3 is 0 Å². The Morgan fingerprint density at radius 2 is 2.25 bits per heavy atom. The molecule has 0 aliphatic rings. The van der Waals surface area contributed by atoms with Crippen molar-refractivity contribution in [1.82, 2.24) is 5.32 Å². The zero-order chi connectivity index (χ0) is 12.1. The number of hydrogen-bond acceptors (Lipinski definition) is 3. The van der Waals surface area contributed by atoms with Gasteiger partial charge in [-0.25, -0.2) is 0 Å². The van der Waals surface area contributed by atoms with Crippen LogP contribution in [-0.2, 0) is 9.63 Å². The molecule has 0 aromatic heterocycles. The lowest BCUT2D eigenvalue weighted by atomic mass is 10.2. The van der Waals surface area contributed by atoms with Gasteiger partial charge in [0.15, 0.2) is 0 Å². The number of carbonyl (C=O) groups excluding carboxylic acids is 1. The Labute approximate surface area is 97.0 Å². The summed E-state index contributed by atoms with van der Waals surface area (Å²) in [6, 6.07) is 0. The first-order chi connectivity index (χ1) is 7.81. The number of carbonyl (C=O) groups is 1. The van der Waals surface area contributed by atoms with E-state index in [0.29, 0.717) is 0 Å². The van der Waals surface area contributed by atoms with Gasteiger partial charge in [-0.1, -0.05) is 31.0 Å². The average molecular weight is 224 g/mol. The Balaban J connectivity index is 3.56. The fraction of sp³-hybridized carbons (Fsp3) is 0.500. The van der Waals surface area contributed by atoms with Crippen molar-refractivity contribution in [1.29, 1.82) is 0 Å². The average Bonchev–Trinajstić information content (AvgIpc) is 2.29. The Morgan fingerprint density at radius 3 is 2.94 bits per heavy atom. The van der Waals surface area contributed by atoms with Gasteiger partial charge in [-0.2, -0.15) is 0 Å². The van der Waals surface area contributed by atoms with Crippen LogP contribution in [0.2, 0.25) is 0 Å². The standard InChI is InChI=1S/C12H20N2O2/c1-3-4-5-6-7-10-13-12(15)9-8-11-14-16-2/h7-11H,3-6H2,1-2H3,(H,13,15)/b9-8+,10-7+,14-11+. The Morgan fingerprint density at radius 1 is 1.44 bits per heavy atom. The molecule has 0 heterocycles. The summed E-state index contributed by atoms with van der Waals surface area (Å²) < 4.78 is 0. The molecule has 0 atom stereocenters. The second-order valence-electron chi connectivity index (χ2n) is 3.20. The highest BCUT2D eigenvalue weighted by Gasteiger charge is 1.88. The zero-order valence-corrected chi connectivity index (χ0v) is 9.98. The van der Waals surface area contributed by atoms with Gasteiger partial charge in [0.25, 0.3) is 0 Å². The van der Waals surface area contributed by atoms with Gasteiger partial charge in [0, 0.05) is 12.3 Å². The van der Waals surface area contributed by atoms with Crippen LogP contribution in [0.3, 0.4) is 0 Å². The summed E-state index contributed by atoms with van der Waals surface area (Å²) in [5.41, 5.74) is 0. The molecule has 0 aliphatic heterocycles. The van der Waals surface area contributed by atoms with Crippen LogP contribution in [0, 0.1) is 0 Å². The lowest BCUT2D eigenvalue weighted by Crippen LogP contribution is -2.13. The van der Waals surface area contributed by atoms with E-state index in [-0.39, 0.29) is 5.91 Å². The smallest absolute Gasteiger partial charge is 0.247 e. The highest BCUT2D eigenvalue weighted by molar-refractivity contribution is 5.92. The summed E-state index contributed by atoms with van der Waals surface area (Å²) in [5.74, 6) is -0.172. The maximum Gasteiger partial charge on any atom is 0.247 e. The summed E-state index contributed by atoms with van der Waals surface area (Å²) in [6.07, 6.45) is 12.6. The van der Waals surface area contributed by atoms with Gasteiger partial charge in [-0.15, -0.1) is 0 Å². The summed E-state index contributed by atoms with van der Waals surface area (Å²) >= 11 is 0. The molecule has 4 heteroatoms. The van der Waals surface area contributed by atoms with Gasteiger partial charge in [0.2, 0.25) is 5.91 Å². The van der Waals surface area contributed by atoms with E-state index in [0.717, 1.165) is 6.42 Å². The number of nitrogens with one attached hydrogen (secondary N) is 1. The fourth-order valence-corrected chi connectivity index (χ4v) is 1.01. The van der Waals surface area contributed by atoms with Crippen LogP contribution in [0.25, 0.3) is 0 Å². The minimum Gasteiger partial charge on any atom is -0.399 e. The first-order valence-electron chi connectivity index (χ1n) is 5.50. The minimum atomic E-state index is -0.172. The van der Waals surface area contributed by atoms with Crippen LogP contribution in [0.15, 0.2) is 29.6 Å². The molecule has 0 radical (unpaired) electrons. The predicted molar refractivity (Wildman–Crippen MR) is 66.1 cm³/mol. The van der Waals surface area contributed by atoms with Crippen LogP contribution in [0.5, 0.6) is 0 Å². The van der Waals surface area contributed by atoms with Crippen LogP contribution in [-0.4, -0.2) is 19.2 Å². The molecule has 0 saturated carbocycles. The molecular weight excluding hydrogens is 204 g/mol. The zero-order valence-electron chi connectivity index (χ0n) is 9.98. The van der Waals surface area contributed by atoms with E-state index in [1.165, 1.54) is 44.7 Å². The number of unbranched alkanes of at least 4 members (excludes halogenated alkanes) is 3. The van der Waals surface area contributed by atoms with Crippen molar-refractivity contribution in [2.24, 2.45) is 5.16 Å². The molecule has 0 unspecified atom stereocenters. The van der Waals surface area contributed by atoms with Crippen LogP contribution >= 0.6 is 0 Å². The summed E-state index contributed by atoms with van der Waals surface area (Å²) in [5, 5.41) is 6.09. The van der Waals surface area contributed by atoms with Crippen molar-refractivity contribution >= 4 is 12.1 Å². The first-order valence-corrected chi connectivity index (χ1v) is 5.50. The molecule has 0 aromatic rings. The number of allylic oxidation sites excluding steroid dienone is 2. The third-order valence-electron chi connectivity index (χ3n) is 1.82. The largest absolute Gasteiger partial charge is 0.399 e. The summed E-state index contributed by atoms with van der Waals surface area (Å²) in [6.45, 7) is 2.16. The van der Waals surface area contributed by atoms with Crippen LogP contribution in [0.4, 0.5) is 0 Å². The molecule has 4 nitrogen and oxygen atoms in total. The van der Waals surface area contributed by atoms with Gasteiger partial charge in [0.05, 0.1) is 6.21 Å². The molecule has 1 amide bonds. The SMILES string of the molecule is CCCCC/C=C/NC(=O)/C=C/C=N/OC. The molecule has 1 N–H and O–H groups in total. The maximum atomic E-state index is 11.1. The first kappa shape index (κ1) is 14.4. The Kier molecular flexibility index (Phi) is 10.4. The second kappa shape index (κ2) is 11.5. The van der Waals surface area contributed by atoms with Gasteiger partial charge in [0.1, 0.15) is 7.11 Å². The molecule has 0 fully saturated rings. The van der Waals surface area contributed by atoms with Crippen molar-refractivity contribution in [3.8, 4) is 0 Å². The molecule has 0 rings (SSSR count). The van der Waals surface area contributed by atoms with Crippen LogP contribution in [0.1, 0.15) is 32.6 Å². The topological polar surface area (TPSA) is 50.7 Å². The highest BCUT2D eigenvalue weighted by atomic mass is 16.6. The number of amides is 1. The van der Waals surface area contributed by atoms with E-state index in [1.807, 2.05) is 6.08 Å². The van der Waals surface area contributed by atoms with Crippen molar-refractivity contribution in [2.45, 2.75) is 32.6 Å². The third kappa shape index (κ3) is 10.5. The van der Waals surface area contributed by atoms with Crippen molar-refractivity contribution in [2.75, 3.05) is 7.11 Å². The Bertz CT molecular complexity index is 258. The van der Waals surface area contributed by atoms with Gasteiger partial charge in [-0.3, -0.25) is 4.79 Å². The van der Waals surface area contributed by atoms with E-state index < -0.39 is 0 Å². The summed E-state index contributed by atoms with van der Waals surface area (Å²) in [7, 11) is 1.45. The minimum absolute atomic E-state index is 0.172. The van der Waals surface area contributed by atoms with Crippen molar-refractivity contribution in [3.63, 3.8) is 0 Å². The van der Waals surface area contributed by atoms with Gasteiger partial charge < -0.3 is 10.2 Å². The molecule has 0 saturated heterocycles. The van der Waals surface area contributed by atoms with Crippen LogP contribution < -0.4 is 5.32 Å². The molecule has 16 heavy (non-hydrogen) atoms. The molecule has 0 aliphatic carbocycles. The van der Waals surface area contributed by atoms with E-state index in [2.05, 4.69) is 22.2 Å². The molecule has 0 bridgehead atoms. The monoisotopic (exact) mass is 224 g/mol. The normalized spacial score (nSPS) is 11.6. The van der Waals surface area contributed by atoms with Crippen molar-refractivity contribution < 1.29 is 9.63 Å².